The van der Waals surface area contributed by atoms with Crippen LogP contribution in [0.4, 0.5) is 0 Å². The summed E-state index contributed by atoms with van der Waals surface area (Å²) in [5.74, 6) is 0.954. The normalized spacial score (nSPS) is 10.6. The molecule has 106 valence electrons. The number of benzene rings is 2. The van der Waals surface area contributed by atoms with Crippen LogP contribution in [-0.4, -0.2) is 18.1 Å². The number of oxazole rings is 1. The van der Waals surface area contributed by atoms with E-state index in [9.17, 15) is 4.79 Å². The smallest absolute Gasteiger partial charge is 0.347 e. The molecule has 5 heteroatoms. The van der Waals surface area contributed by atoms with Crippen molar-refractivity contribution in [2.45, 2.75) is 6.92 Å². The van der Waals surface area contributed by atoms with Gasteiger partial charge < -0.3 is 13.9 Å². The Morgan fingerprint density at radius 2 is 2.00 bits per heavy atom. The first-order valence-electron chi connectivity index (χ1n) is 6.40. The van der Waals surface area contributed by atoms with Gasteiger partial charge in [0.25, 0.3) is 0 Å². The molecule has 0 radical (unpaired) electrons. The van der Waals surface area contributed by atoms with Crippen LogP contribution in [0.2, 0.25) is 0 Å². The van der Waals surface area contributed by atoms with Gasteiger partial charge in [0.1, 0.15) is 22.6 Å². The standard InChI is InChI=1S/C16H13NO4/c1-10-17-13-8-7-11(9-15(13)20-10)21-16(18)12-5-3-4-6-14(12)19-2/h3-9H,1-2H3. The molecule has 0 atom stereocenters. The predicted octanol–water partition coefficient (Wildman–Crippen LogP) is 3.36. The van der Waals surface area contributed by atoms with Crippen LogP contribution in [0.15, 0.2) is 46.9 Å². The number of para-hydroxylation sites is 1. The first-order valence-corrected chi connectivity index (χ1v) is 6.40. The lowest BCUT2D eigenvalue weighted by atomic mass is 10.2. The van der Waals surface area contributed by atoms with Gasteiger partial charge in [-0.15, -0.1) is 0 Å². The lowest BCUT2D eigenvalue weighted by molar-refractivity contribution is 0.0731. The topological polar surface area (TPSA) is 61.6 Å². The maximum absolute atomic E-state index is 12.2. The zero-order chi connectivity index (χ0) is 14.8. The van der Waals surface area contributed by atoms with Crippen LogP contribution in [0.1, 0.15) is 16.2 Å². The van der Waals surface area contributed by atoms with E-state index in [1.54, 1.807) is 49.4 Å². The summed E-state index contributed by atoms with van der Waals surface area (Å²) in [4.78, 5) is 16.4. The summed E-state index contributed by atoms with van der Waals surface area (Å²) < 4.78 is 15.9. The van der Waals surface area contributed by atoms with Gasteiger partial charge in [0.15, 0.2) is 11.5 Å². The van der Waals surface area contributed by atoms with E-state index in [0.29, 0.717) is 28.5 Å². The van der Waals surface area contributed by atoms with Crippen LogP contribution in [0, 0.1) is 6.92 Å². The number of nitrogens with zero attached hydrogens (tertiary/aromatic N) is 1. The summed E-state index contributed by atoms with van der Waals surface area (Å²) in [6.45, 7) is 1.76. The van der Waals surface area contributed by atoms with Gasteiger partial charge in [-0.25, -0.2) is 9.78 Å². The molecule has 0 N–H and O–H groups in total. The molecule has 0 bridgehead atoms. The number of aryl methyl sites for hydroxylation is 1. The largest absolute Gasteiger partial charge is 0.496 e. The monoisotopic (exact) mass is 283 g/mol. The summed E-state index contributed by atoms with van der Waals surface area (Å²) in [6, 6.07) is 12.0. The molecule has 0 saturated carbocycles. The molecule has 2 aromatic carbocycles. The summed E-state index contributed by atoms with van der Waals surface area (Å²) in [5, 5.41) is 0. The molecule has 5 nitrogen and oxygen atoms in total. The van der Waals surface area contributed by atoms with Crippen LogP contribution in [0.5, 0.6) is 11.5 Å². The van der Waals surface area contributed by atoms with Gasteiger partial charge in [0.2, 0.25) is 0 Å². The number of ether oxygens (including phenoxy) is 2. The van der Waals surface area contributed by atoms with E-state index < -0.39 is 5.97 Å². The van der Waals surface area contributed by atoms with Crippen molar-refractivity contribution in [3.8, 4) is 11.5 Å². The zero-order valence-corrected chi connectivity index (χ0v) is 11.6. The molecule has 0 aliphatic carbocycles. The van der Waals surface area contributed by atoms with Crippen molar-refractivity contribution in [2.75, 3.05) is 7.11 Å². The number of rotatable bonds is 3. The van der Waals surface area contributed by atoms with Crippen LogP contribution in [0.3, 0.4) is 0 Å². The molecule has 0 aliphatic heterocycles. The molecule has 1 aromatic heterocycles. The molecular formula is C16H13NO4. The third-order valence-electron chi connectivity index (χ3n) is 3.00. The summed E-state index contributed by atoms with van der Waals surface area (Å²) in [7, 11) is 1.51. The van der Waals surface area contributed by atoms with Crippen LogP contribution in [-0.2, 0) is 0 Å². The van der Waals surface area contributed by atoms with Crippen molar-refractivity contribution in [3.05, 3.63) is 53.9 Å². The van der Waals surface area contributed by atoms with E-state index in [1.807, 2.05) is 0 Å². The minimum atomic E-state index is -0.483. The Morgan fingerprint density at radius 1 is 1.19 bits per heavy atom. The van der Waals surface area contributed by atoms with E-state index in [4.69, 9.17) is 13.9 Å². The second-order valence-corrected chi connectivity index (χ2v) is 4.45. The lowest BCUT2D eigenvalue weighted by Gasteiger charge is -2.07. The third-order valence-corrected chi connectivity index (χ3v) is 3.00. The van der Waals surface area contributed by atoms with Crippen LogP contribution < -0.4 is 9.47 Å². The van der Waals surface area contributed by atoms with Crippen molar-refractivity contribution in [1.29, 1.82) is 0 Å². The molecule has 0 fully saturated rings. The van der Waals surface area contributed by atoms with Gasteiger partial charge in [-0.2, -0.15) is 0 Å². The number of fused-ring (bicyclic) bond motifs is 1. The Hall–Kier alpha value is -2.82. The lowest BCUT2D eigenvalue weighted by Crippen LogP contribution is -2.09. The first kappa shape index (κ1) is 13.2. The second kappa shape index (κ2) is 5.28. The highest BCUT2D eigenvalue weighted by Crippen LogP contribution is 2.24. The van der Waals surface area contributed by atoms with Gasteiger partial charge in [-0.3, -0.25) is 0 Å². The quantitative estimate of drug-likeness (QED) is 0.545. The van der Waals surface area contributed by atoms with Crippen LogP contribution in [0.25, 0.3) is 11.1 Å². The fourth-order valence-corrected chi connectivity index (χ4v) is 2.06. The minimum Gasteiger partial charge on any atom is -0.496 e. The fourth-order valence-electron chi connectivity index (χ4n) is 2.06. The van der Waals surface area contributed by atoms with Crippen LogP contribution >= 0.6 is 0 Å². The van der Waals surface area contributed by atoms with Gasteiger partial charge in [-0.05, 0) is 24.3 Å². The number of hydrogen-bond donors (Lipinski definition) is 0. The Balaban J connectivity index is 1.88. The molecule has 3 aromatic rings. The number of aromatic nitrogens is 1. The van der Waals surface area contributed by atoms with E-state index in [2.05, 4.69) is 4.98 Å². The number of hydrogen-bond acceptors (Lipinski definition) is 5. The number of carbonyl (C=O) groups excluding carboxylic acids is 1. The van der Waals surface area contributed by atoms with E-state index in [0.717, 1.165) is 5.52 Å². The molecular weight excluding hydrogens is 270 g/mol. The molecule has 3 rings (SSSR count). The highest BCUT2D eigenvalue weighted by atomic mass is 16.5. The maximum Gasteiger partial charge on any atom is 0.347 e. The predicted molar refractivity (Wildman–Crippen MR) is 76.7 cm³/mol. The molecule has 0 unspecified atom stereocenters. The molecule has 1 heterocycles. The average molecular weight is 283 g/mol. The molecule has 0 aliphatic rings. The molecule has 0 amide bonds. The van der Waals surface area contributed by atoms with Gasteiger partial charge >= 0.3 is 5.97 Å². The summed E-state index contributed by atoms with van der Waals surface area (Å²) >= 11 is 0. The maximum atomic E-state index is 12.2. The molecule has 0 spiro atoms. The summed E-state index contributed by atoms with van der Waals surface area (Å²) in [6.07, 6.45) is 0. The van der Waals surface area contributed by atoms with E-state index in [-0.39, 0.29) is 0 Å². The highest BCUT2D eigenvalue weighted by Gasteiger charge is 2.14. The van der Waals surface area contributed by atoms with Gasteiger partial charge in [-0.1, -0.05) is 12.1 Å². The van der Waals surface area contributed by atoms with Crippen molar-refractivity contribution in [2.24, 2.45) is 0 Å². The van der Waals surface area contributed by atoms with E-state index in [1.165, 1.54) is 7.11 Å². The number of methoxy groups -OCH3 is 1. The average Bonchev–Trinajstić information content (AvgIpc) is 2.86. The number of carbonyl (C=O) groups is 1. The minimum absolute atomic E-state index is 0.369. The second-order valence-electron chi connectivity index (χ2n) is 4.45. The highest BCUT2D eigenvalue weighted by molar-refractivity contribution is 5.94. The Labute approximate surface area is 121 Å². The molecule has 21 heavy (non-hydrogen) atoms. The van der Waals surface area contributed by atoms with Crippen molar-refractivity contribution < 1.29 is 18.7 Å². The van der Waals surface area contributed by atoms with Gasteiger partial charge in [0.05, 0.1) is 7.11 Å². The fraction of sp³-hybridized carbons (Fsp3) is 0.125. The molecule has 0 saturated heterocycles. The number of esters is 1. The zero-order valence-electron chi connectivity index (χ0n) is 11.6. The SMILES string of the molecule is COc1ccccc1C(=O)Oc1ccc2nc(C)oc2c1. The summed E-state index contributed by atoms with van der Waals surface area (Å²) in [5.41, 5.74) is 1.68. The Bertz CT molecular complexity index is 807. The van der Waals surface area contributed by atoms with Gasteiger partial charge in [0, 0.05) is 13.0 Å². The van der Waals surface area contributed by atoms with E-state index >= 15 is 0 Å². The first-order chi connectivity index (χ1) is 10.2. The Kier molecular flexibility index (Phi) is 3.31. The van der Waals surface area contributed by atoms with Crippen molar-refractivity contribution in [3.63, 3.8) is 0 Å². The van der Waals surface area contributed by atoms with Crippen molar-refractivity contribution >= 4 is 17.1 Å². The Morgan fingerprint density at radius 3 is 2.81 bits per heavy atom. The van der Waals surface area contributed by atoms with Crippen molar-refractivity contribution in [1.82, 2.24) is 4.98 Å². The third kappa shape index (κ3) is 2.58.